The summed E-state index contributed by atoms with van der Waals surface area (Å²) in [6.45, 7) is 18.2. The first-order valence-corrected chi connectivity index (χ1v) is 11.6. The van der Waals surface area contributed by atoms with Gasteiger partial charge in [-0.05, 0) is 86.1 Å². The molecule has 0 atom stereocenters. The van der Waals surface area contributed by atoms with Crippen LogP contribution in [0.15, 0.2) is 48.5 Å². The predicted molar refractivity (Wildman–Crippen MR) is 141 cm³/mol. The van der Waals surface area contributed by atoms with E-state index < -0.39 is 5.41 Å². The largest absolute Gasteiger partial charge is 0.507 e. The van der Waals surface area contributed by atoms with Crippen molar-refractivity contribution < 1.29 is 9.90 Å². The van der Waals surface area contributed by atoms with Gasteiger partial charge in [-0.15, -0.1) is 0 Å². The first-order chi connectivity index (χ1) is 15.3. The molecule has 3 aromatic carbocycles. The first-order valence-electron chi connectivity index (χ1n) is 11.6. The monoisotopic (exact) mass is 440 g/mol. The molecular formula is C31H36O2. The normalized spacial score (nSPS) is 12.2. The van der Waals surface area contributed by atoms with Crippen LogP contribution in [-0.4, -0.2) is 10.9 Å². The molecule has 172 valence electrons. The Kier molecular flexibility index (Phi) is 6.70. The van der Waals surface area contributed by atoms with Crippen molar-refractivity contribution in [1.82, 2.24) is 0 Å². The summed E-state index contributed by atoms with van der Waals surface area (Å²) in [6.07, 6.45) is 1.40. The van der Waals surface area contributed by atoms with Crippen LogP contribution >= 0.6 is 0 Å². The van der Waals surface area contributed by atoms with Crippen LogP contribution in [0.2, 0.25) is 0 Å². The molecule has 0 aliphatic heterocycles. The van der Waals surface area contributed by atoms with E-state index in [4.69, 9.17) is 0 Å². The van der Waals surface area contributed by atoms with Gasteiger partial charge in [-0.3, -0.25) is 4.79 Å². The van der Waals surface area contributed by atoms with Gasteiger partial charge in [0.2, 0.25) is 0 Å². The van der Waals surface area contributed by atoms with Crippen molar-refractivity contribution >= 4 is 11.5 Å². The number of benzene rings is 3. The zero-order chi connectivity index (χ0) is 24.7. The molecule has 33 heavy (non-hydrogen) atoms. The van der Waals surface area contributed by atoms with Gasteiger partial charge in [0.1, 0.15) is 5.76 Å². The zero-order valence-electron chi connectivity index (χ0n) is 21.5. The smallest absolute Gasteiger partial charge is 0.164 e. The Labute approximate surface area is 199 Å². The maximum Gasteiger partial charge on any atom is 0.164 e. The molecule has 0 heterocycles. The van der Waals surface area contributed by atoms with Gasteiger partial charge in [0.15, 0.2) is 5.78 Å². The van der Waals surface area contributed by atoms with Crippen molar-refractivity contribution in [2.45, 2.75) is 62.3 Å². The minimum Gasteiger partial charge on any atom is -0.507 e. The second-order valence-corrected chi connectivity index (χ2v) is 10.4. The van der Waals surface area contributed by atoms with Crippen LogP contribution in [0.25, 0.3) is 28.0 Å². The van der Waals surface area contributed by atoms with Gasteiger partial charge < -0.3 is 5.11 Å². The van der Waals surface area contributed by atoms with E-state index in [0.29, 0.717) is 5.56 Å². The van der Waals surface area contributed by atoms with Crippen LogP contribution in [0.1, 0.15) is 59.7 Å². The summed E-state index contributed by atoms with van der Waals surface area (Å²) in [4.78, 5) is 12.9. The Morgan fingerprint density at radius 2 is 1.09 bits per heavy atom. The van der Waals surface area contributed by atoms with Crippen LogP contribution < -0.4 is 0 Å². The molecule has 0 fully saturated rings. The number of aliphatic hydroxyl groups is 1. The second-order valence-electron chi connectivity index (χ2n) is 10.4. The van der Waals surface area contributed by atoms with Crippen LogP contribution in [0.5, 0.6) is 0 Å². The lowest BCUT2D eigenvalue weighted by Gasteiger charge is -2.22. The van der Waals surface area contributed by atoms with Gasteiger partial charge in [0.25, 0.3) is 0 Å². The van der Waals surface area contributed by atoms with E-state index >= 15 is 0 Å². The van der Waals surface area contributed by atoms with E-state index in [9.17, 15) is 9.90 Å². The third kappa shape index (κ3) is 4.95. The molecule has 0 aliphatic carbocycles. The number of aliphatic hydroxyl groups excluding tert-OH is 1. The molecule has 2 nitrogen and oxygen atoms in total. The third-order valence-corrected chi connectivity index (χ3v) is 6.22. The summed E-state index contributed by atoms with van der Waals surface area (Å²) >= 11 is 0. The standard InChI is InChI=1S/C31H36O2/c1-18-13-20(3)28(21(4)14-18)24-11-10-12-25(29-22(5)15-19(2)16-23(29)6)30(24)26(32)17-27(33)31(7,8)9/h10-17,32H,1-9H3/b26-17-. The Bertz CT molecular complexity index is 1140. The van der Waals surface area contributed by atoms with E-state index in [1.165, 1.54) is 17.2 Å². The van der Waals surface area contributed by atoms with E-state index in [-0.39, 0.29) is 11.5 Å². The molecule has 0 spiro atoms. The highest BCUT2D eigenvalue weighted by Crippen LogP contribution is 2.41. The molecule has 0 aromatic heterocycles. The quantitative estimate of drug-likeness (QED) is 0.327. The number of rotatable bonds is 4. The molecule has 0 saturated heterocycles. The third-order valence-electron chi connectivity index (χ3n) is 6.22. The van der Waals surface area contributed by atoms with E-state index in [0.717, 1.165) is 44.5 Å². The summed E-state index contributed by atoms with van der Waals surface area (Å²) in [5.41, 5.74) is 11.2. The van der Waals surface area contributed by atoms with Crippen molar-refractivity contribution in [3.8, 4) is 22.3 Å². The number of carbonyl (C=O) groups excluding carboxylic acids is 1. The minimum absolute atomic E-state index is 0.0132. The highest BCUT2D eigenvalue weighted by molar-refractivity contribution is 6.02. The molecule has 0 radical (unpaired) electrons. The molecule has 0 amide bonds. The highest BCUT2D eigenvalue weighted by atomic mass is 16.3. The van der Waals surface area contributed by atoms with Gasteiger partial charge in [-0.25, -0.2) is 0 Å². The minimum atomic E-state index is -0.575. The summed E-state index contributed by atoms with van der Waals surface area (Å²) in [5.74, 6) is -0.0882. The number of allylic oxidation sites excluding steroid dienone is 1. The number of hydrogen-bond donors (Lipinski definition) is 1. The molecule has 1 N–H and O–H groups in total. The van der Waals surface area contributed by atoms with Crippen LogP contribution in [0.3, 0.4) is 0 Å². The highest BCUT2D eigenvalue weighted by Gasteiger charge is 2.24. The summed E-state index contributed by atoms with van der Waals surface area (Å²) in [6, 6.07) is 14.8. The van der Waals surface area contributed by atoms with Gasteiger partial charge in [0, 0.05) is 17.1 Å². The molecule has 3 aromatic rings. The lowest BCUT2D eigenvalue weighted by Crippen LogP contribution is -2.18. The molecular weight excluding hydrogens is 404 g/mol. The Balaban J connectivity index is 2.44. The van der Waals surface area contributed by atoms with Crippen molar-refractivity contribution in [2.75, 3.05) is 0 Å². The first kappa shape index (κ1) is 24.5. The van der Waals surface area contributed by atoms with Crippen molar-refractivity contribution in [3.05, 3.63) is 87.5 Å². The summed E-state index contributed by atoms with van der Waals surface area (Å²) in [5, 5.41) is 11.5. The molecule has 2 heteroatoms. The SMILES string of the molecule is Cc1cc(C)c(-c2cccc(-c3c(C)cc(C)cc3C)c2/C(O)=C/C(=O)C(C)(C)C)c(C)c1. The number of carbonyl (C=O) groups is 1. The van der Waals surface area contributed by atoms with Crippen molar-refractivity contribution in [3.63, 3.8) is 0 Å². The molecule has 0 unspecified atom stereocenters. The fourth-order valence-electron chi connectivity index (χ4n) is 4.87. The molecule has 3 rings (SSSR count). The number of aryl methyl sites for hydroxylation is 6. The van der Waals surface area contributed by atoms with E-state index in [2.05, 4.69) is 65.8 Å². The van der Waals surface area contributed by atoms with Crippen molar-refractivity contribution in [1.29, 1.82) is 0 Å². The van der Waals surface area contributed by atoms with Crippen LogP contribution in [0, 0.1) is 47.0 Å². The van der Waals surface area contributed by atoms with Gasteiger partial charge in [-0.1, -0.05) is 74.4 Å². The van der Waals surface area contributed by atoms with Gasteiger partial charge >= 0.3 is 0 Å². The average molecular weight is 441 g/mol. The lowest BCUT2D eigenvalue weighted by atomic mass is 9.83. The van der Waals surface area contributed by atoms with Gasteiger partial charge in [0.05, 0.1) is 0 Å². The molecule has 0 aliphatic rings. The van der Waals surface area contributed by atoms with Crippen LogP contribution in [-0.2, 0) is 4.79 Å². The number of hydrogen-bond acceptors (Lipinski definition) is 2. The topological polar surface area (TPSA) is 37.3 Å². The fraction of sp³-hybridized carbons (Fsp3) is 0.323. The second kappa shape index (κ2) is 9.02. The zero-order valence-corrected chi connectivity index (χ0v) is 21.5. The van der Waals surface area contributed by atoms with Crippen molar-refractivity contribution in [2.24, 2.45) is 5.41 Å². The van der Waals surface area contributed by atoms with E-state index in [1.807, 2.05) is 39.0 Å². The summed E-state index contributed by atoms with van der Waals surface area (Å²) in [7, 11) is 0. The lowest BCUT2D eigenvalue weighted by molar-refractivity contribution is -0.121. The number of ketones is 1. The Morgan fingerprint density at radius 1 is 0.727 bits per heavy atom. The maximum atomic E-state index is 12.9. The molecule has 0 bridgehead atoms. The Hall–Kier alpha value is -3.13. The van der Waals surface area contributed by atoms with Gasteiger partial charge in [-0.2, -0.15) is 0 Å². The van der Waals surface area contributed by atoms with Crippen LogP contribution in [0.4, 0.5) is 0 Å². The Morgan fingerprint density at radius 3 is 1.42 bits per heavy atom. The fourth-order valence-corrected chi connectivity index (χ4v) is 4.87. The van der Waals surface area contributed by atoms with E-state index in [1.54, 1.807) is 0 Å². The molecule has 0 saturated carbocycles. The average Bonchev–Trinajstić information content (AvgIpc) is 2.65. The predicted octanol–water partition coefficient (Wildman–Crippen LogP) is 8.39. The maximum absolute atomic E-state index is 12.9. The summed E-state index contributed by atoms with van der Waals surface area (Å²) < 4.78 is 0.